The van der Waals surface area contributed by atoms with E-state index in [1.165, 1.54) is 7.11 Å². The van der Waals surface area contributed by atoms with Crippen molar-refractivity contribution in [1.82, 2.24) is 40.9 Å². The topological polar surface area (TPSA) is 354 Å². The Morgan fingerprint density at radius 1 is 0.534 bits per heavy atom. The highest BCUT2D eigenvalue weighted by atomic mass is 16.6. The van der Waals surface area contributed by atoms with Gasteiger partial charge in [-0.2, -0.15) is 0 Å². The van der Waals surface area contributed by atoms with Crippen LogP contribution in [0.4, 0.5) is 4.79 Å². The van der Waals surface area contributed by atoms with Crippen LogP contribution < -0.4 is 21.3 Å². The number of carbonyl (C=O) groups is 12. The number of fused-ring (bicyclic) bond motifs is 1. The molecule has 0 bridgehead atoms. The minimum atomic E-state index is -1.25. The van der Waals surface area contributed by atoms with E-state index in [1.54, 1.807) is 48.5 Å². The number of aliphatic imine (C=N–C) groups is 1. The predicted octanol–water partition coefficient (Wildman–Crippen LogP) is 10.6. The van der Waals surface area contributed by atoms with Gasteiger partial charge in [0.15, 0.2) is 5.78 Å². The molecular weight excluding hydrogens is 1490 g/mol. The third-order valence-corrected chi connectivity index (χ3v) is 20.0. The molecule has 2 aliphatic carbocycles. The molecule has 1 aliphatic heterocycles. The lowest BCUT2D eigenvalue weighted by Crippen LogP contribution is -2.52. The lowest BCUT2D eigenvalue weighted by atomic mass is 9.75. The fourth-order valence-electron chi connectivity index (χ4n) is 14.5. The number of nitrogens with zero attached hydrogens (tertiary/aromatic N) is 5. The van der Waals surface area contributed by atoms with Gasteiger partial charge in [-0.15, -0.1) is 0 Å². The molecule has 116 heavy (non-hydrogen) atoms. The minimum Gasteiger partial charge on any atom is -0.511 e. The van der Waals surface area contributed by atoms with Gasteiger partial charge in [0.25, 0.3) is 0 Å². The number of nitrogens with one attached hydrogen (secondary N) is 4. The quantitative estimate of drug-likeness (QED) is 0.0182. The van der Waals surface area contributed by atoms with Crippen LogP contribution in [-0.4, -0.2) is 246 Å². The first-order chi connectivity index (χ1) is 54.0. The van der Waals surface area contributed by atoms with E-state index >= 15 is 0 Å². The normalized spacial score (nSPS) is 18.7. The number of hydrogen-bond acceptors (Lipinski definition) is 24. The van der Waals surface area contributed by atoms with Crippen molar-refractivity contribution < 1.29 is 91.1 Å². The molecule has 0 spiro atoms. The SMILES string of the molecule is COC(=O)C(CCCCNC(=O)C(CC(=O)C1CCC(CNC(=O)C(CCCCCC(=O)CN2CCN(CC(=O)OC(C)(C)C)CCN(CC(=O)OC(C)(C)C)CCN(CC(=O)OC(C)(C)C)CC2)N=C(C)C2=C(O)CC(C)(C)CC2=O)CC1)Cc1ccc2ccccc2c1)NC(=O)NC(CCC(=O)OC(C)(C)C)C(=O)OC(C)(C)C. The average molecular weight is 1630 g/mol. The molecule has 4 unspecified atom stereocenters. The number of aliphatic hydroxyl groups is 1. The van der Waals surface area contributed by atoms with Crippen molar-refractivity contribution in [3.63, 3.8) is 0 Å². The van der Waals surface area contributed by atoms with E-state index in [9.17, 15) is 62.6 Å². The number of hydrogen-bond donors (Lipinski definition) is 5. The van der Waals surface area contributed by atoms with Gasteiger partial charge in [0.1, 0.15) is 63.5 Å². The van der Waals surface area contributed by atoms with Crippen LogP contribution >= 0.6 is 0 Å². The Balaban J connectivity index is 1.22. The largest absolute Gasteiger partial charge is 0.511 e. The molecule has 2 aromatic carbocycles. The predicted molar refractivity (Wildman–Crippen MR) is 444 cm³/mol. The summed E-state index contributed by atoms with van der Waals surface area (Å²) in [6, 6.07) is 9.69. The number of aliphatic hydroxyl groups excluding tert-OH is 1. The lowest BCUT2D eigenvalue weighted by molar-refractivity contribution is -0.159. The summed E-state index contributed by atoms with van der Waals surface area (Å²) in [6.45, 7) is 35.7. The maximum absolute atomic E-state index is 14.5. The van der Waals surface area contributed by atoms with Crippen molar-refractivity contribution in [1.29, 1.82) is 0 Å². The number of methoxy groups -OCH3 is 1. The molecule has 0 aromatic heterocycles. The number of esters is 6. The van der Waals surface area contributed by atoms with Crippen LogP contribution in [0.3, 0.4) is 0 Å². The molecule has 4 atom stereocenters. The summed E-state index contributed by atoms with van der Waals surface area (Å²) < 4.78 is 33.1. The monoisotopic (exact) mass is 1630 g/mol. The fraction of sp³-hybridized carbons (Fsp3) is 0.716. The summed E-state index contributed by atoms with van der Waals surface area (Å²) in [5, 5.41) is 24.6. The summed E-state index contributed by atoms with van der Waals surface area (Å²) in [6.07, 6.45) is 5.76. The number of Topliss-reactive ketones (excluding diaryl/α,β-unsaturated/α-hetero) is 3. The van der Waals surface area contributed by atoms with Gasteiger partial charge in [-0.3, -0.25) is 67.7 Å². The maximum atomic E-state index is 14.5. The van der Waals surface area contributed by atoms with Crippen molar-refractivity contribution in [3.05, 3.63) is 59.4 Å². The number of allylic oxidation sites excluding steroid dienone is 2. The molecule has 1 saturated heterocycles. The zero-order chi connectivity index (χ0) is 86.5. The van der Waals surface area contributed by atoms with Crippen molar-refractivity contribution in [2.75, 3.05) is 98.7 Å². The number of rotatable bonds is 37. The van der Waals surface area contributed by atoms with Crippen LogP contribution in [-0.2, 0) is 87.6 Å². The number of unbranched alkanes of at least 4 members (excludes halogenated alkanes) is 3. The third-order valence-electron chi connectivity index (χ3n) is 20.0. The smallest absolute Gasteiger partial charge is 0.329 e. The van der Waals surface area contributed by atoms with Crippen molar-refractivity contribution in [2.24, 2.45) is 28.2 Å². The van der Waals surface area contributed by atoms with Crippen molar-refractivity contribution in [2.45, 2.75) is 286 Å². The van der Waals surface area contributed by atoms with Crippen LogP contribution in [0.1, 0.15) is 239 Å². The van der Waals surface area contributed by atoms with Crippen LogP contribution in [0, 0.1) is 23.2 Å². The molecule has 28 nitrogen and oxygen atoms in total. The van der Waals surface area contributed by atoms with Crippen LogP contribution in [0.25, 0.3) is 10.8 Å². The van der Waals surface area contributed by atoms with Crippen LogP contribution in [0.5, 0.6) is 0 Å². The summed E-state index contributed by atoms with van der Waals surface area (Å²) in [5.41, 5.74) is -2.99. The van der Waals surface area contributed by atoms with Crippen molar-refractivity contribution >= 4 is 87.5 Å². The molecule has 1 heterocycles. The number of ketones is 3. The van der Waals surface area contributed by atoms with E-state index in [0.29, 0.717) is 123 Å². The van der Waals surface area contributed by atoms with Crippen LogP contribution in [0.15, 0.2) is 58.8 Å². The molecule has 28 heteroatoms. The first-order valence-corrected chi connectivity index (χ1v) is 41.7. The van der Waals surface area contributed by atoms with Gasteiger partial charge < -0.3 is 54.8 Å². The van der Waals surface area contributed by atoms with Gasteiger partial charge in [-0.25, -0.2) is 14.4 Å². The minimum absolute atomic E-state index is 0.00105. The summed E-state index contributed by atoms with van der Waals surface area (Å²) >= 11 is 0. The Morgan fingerprint density at radius 2 is 1.02 bits per heavy atom. The van der Waals surface area contributed by atoms with Crippen molar-refractivity contribution in [3.8, 4) is 0 Å². The number of urea groups is 1. The second kappa shape index (κ2) is 45.7. The van der Waals surface area contributed by atoms with Gasteiger partial charge in [0, 0.05) is 115 Å². The molecule has 5 rings (SSSR count). The van der Waals surface area contributed by atoms with Gasteiger partial charge >= 0.3 is 41.8 Å². The van der Waals surface area contributed by atoms with Gasteiger partial charge in [0.2, 0.25) is 11.8 Å². The third kappa shape index (κ3) is 38.9. The molecule has 2 aromatic rings. The lowest BCUT2D eigenvalue weighted by Gasteiger charge is -2.34. The number of carbonyl (C=O) groups excluding carboxylic acids is 12. The Kier molecular flexibility index (Phi) is 38.7. The van der Waals surface area contributed by atoms with E-state index in [4.69, 9.17) is 33.4 Å². The fourth-order valence-corrected chi connectivity index (χ4v) is 14.5. The molecule has 650 valence electrons. The molecule has 4 amide bonds. The molecule has 3 aliphatic rings. The summed E-state index contributed by atoms with van der Waals surface area (Å²) in [5.74, 6) is -5.31. The van der Waals surface area contributed by atoms with E-state index in [1.807, 2.05) is 138 Å². The number of benzene rings is 2. The summed E-state index contributed by atoms with van der Waals surface area (Å²) in [7, 11) is 1.18. The van der Waals surface area contributed by atoms with Gasteiger partial charge in [-0.05, 0) is 209 Å². The van der Waals surface area contributed by atoms with Gasteiger partial charge in [0.05, 0.1) is 38.9 Å². The molecule has 2 fully saturated rings. The number of ether oxygens (including phenoxy) is 6. The zero-order valence-corrected chi connectivity index (χ0v) is 73.2. The first-order valence-electron chi connectivity index (χ1n) is 41.7. The number of amides is 4. The second-order valence-electron chi connectivity index (χ2n) is 37.4. The standard InChI is InChI=1S/C88H139N9O19/c1-59(77-71(100)52-88(17,18)53-72(77)101)91-67(30-22-20-21-29-66(98)55-94-41-43-95(56-74(103)113-84(5,6)7)45-47-97(58-76(105)115-86(11,12)13)48-46-96(44-42-94)57-75(104)114-85(8,9)10)79(107)90-54-60-32-36-63(37-33-60)70(99)51-65(50-61-34-35-62-27-23-24-28-64(62)49-61)78(106)89-40-26-25-31-68(80(108)111-19)92-82(110)93-69(81(109)116-87(14,15)16)38-39-73(102)112-83(2,3)4/h23-24,27-28,34-35,49,60,63,65,67-69,100H,20-22,25-26,29-33,36-48,50-58H2,1-19H3,(H,89,106)(H,90,107)(H2,92,93,110). The first kappa shape index (κ1) is 98.4. The van der Waals surface area contributed by atoms with E-state index < -0.39 is 99.3 Å². The van der Waals surface area contributed by atoms with E-state index in [0.717, 1.165) is 16.3 Å². The molecule has 0 radical (unpaired) electrons. The Bertz CT molecular complexity index is 3670. The summed E-state index contributed by atoms with van der Waals surface area (Å²) in [4.78, 5) is 176. The maximum Gasteiger partial charge on any atom is 0.329 e. The highest BCUT2D eigenvalue weighted by Crippen LogP contribution is 2.37. The van der Waals surface area contributed by atoms with E-state index in [2.05, 4.69) is 21.3 Å². The van der Waals surface area contributed by atoms with Gasteiger partial charge in [-0.1, -0.05) is 69.2 Å². The highest BCUT2D eigenvalue weighted by molar-refractivity contribution is 6.22. The van der Waals surface area contributed by atoms with Crippen LogP contribution in [0.2, 0.25) is 0 Å². The zero-order valence-electron chi connectivity index (χ0n) is 73.2. The molecular formula is C88H139N9O19. The Hall–Kier alpha value is -8.21. The Morgan fingerprint density at radius 3 is 1.52 bits per heavy atom. The van der Waals surface area contributed by atoms with E-state index in [-0.39, 0.29) is 142 Å². The highest BCUT2D eigenvalue weighted by Gasteiger charge is 2.37. The molecule has 5 N–H and O–H groups in total. The molecule has 1 saturated carbocycles. The average Bonchev–Trinajstić information content (AvgIpc) is 0.797. The Labute approximate surface area is 688 Å². The second-order valence-corrected chi connectivity index (χ2v) is 37.4.